The van der Waals surface area contributed by atoms with E-state index in [1.54, 1.807) is 18.2 Å². The van der Waals surface area contributed by atoms with E-state index in [1.807, 2.05) is 0 Å². The van der Waals surface area contributed by atoms with Crippen LogP contribution >= 0.6 is 0 Å². The highest BCUT2D eigenvalue weighted by Crippen LogP contribution is 2.38. The Hall–Kier alpha value is -3.49. The first-order valence-electron chi connectivity index (χ1n) is 7.53. The summed E-state index contributed by atoms with van der Waals surface area (Å²) in [6.07, 6.45) is 0. The number of carbonyl (C=O) groups excluding carboxylic acids is 1. The van der Waals surface area contributed by atoms with Crippen LogP contribution in [0.25, 0.3) is 11.0 Å². The molecule has 0 aliphatic heterocycles. The van der Waals surface area contributed by atoms with Crippen LogP contribution in [-0.4, -0.2) is 49.6 Å². The molecule has 136 valence electrons. The second-order valence-corrected chi connectivity index (χ2v) is 5.11. The zero-order chi connectivity index (χ0) is 18.7. The molecule has 0 unspecified atom stereocenters. The van der Waals surface area contributed by atoms with Gasteiger partial charge in [-0.2, -0.15) is 0 Å². The van der Waals surface area contributed by atoms with Crippen molar-refractivity contribution in [2.45, 2.75) is 0 Å². The molecule has 0 bridgehead atoms. The third kappa shape index (κ3) is 3.06. The third-order valence-electron chi connectivity index (χ3n) is 3.69. The van der Waals surface area contributed by atoms with Crippen molar-refractivity contribution in [2.24, 2.45) is 0 Å². The molecule has 0 spiro atoms. The zero-order valence-corrected chi connectivity index (χ0v) is 14.7. The minimum absolute atomic E-state index is 0.200. The summed E-state index contributed by atoms with van der Waals surface area (Å²) < 4.78 is 20.9. The smallest absolute Gasteiger partial charge is 0.366 e. The Morgan fingerprint density at radius 3 is 2.19 bits per heavy atom. The lowest BCUT2D eigenvalue weighted by Gasteiger charge is -2.13. The Kier molecular flexibility index (Phi) is 4.78. The van der Waals surface area contributed by atoms with Crippen molar-refractivity contribution in [3.05, 3.63) is 35.9 Å². The van der Waals surface area contributed by atoms with E-state index in [-0.39, 0.29) is 5.56 Å². The van der Waals surface area contributed by atoms with Crippen LogP contribution in [-0.2, 0) is 0 Å². The van der Waals surface area contributed by atoms with Crippen LogP contribution in [0.1, 0.15) is 10.4 Å². The highest BCUT2D eigenvalue weighted by atomic mass is 16.7. The van der Waals surface area contributed by atoms with E-state index in [0.717, 1.165) is 4.85 Å². The lowest BCUT2D eigenvalue weighted by Crippen LogP contribution is -2.21. The Morgan fingerprint density at radius 2 is 1.62 bits per heavy atom. The first-order valence-corrected chi connectivity index (χ1v) is 7.53. The van der Waals surface area contributed by atoms with E-state index >= 15 is 0 Å². The maximum absolute atomic E-state index is 12.6. The normalized spacial score (nSPS) is 10.5. The van der Waals surface area contributed by atoms with Gasteiger partial charge in [0.1, 0.15) is 16.8 Å². The molecule has 26 heavy (non-hydrogen) atoms. The van der Waals surface area contributed by atoms with Crippen molar-refractivity contribution in [3.63, 3.8) is 0 Å². The molecule has 0 aliphatic carbocycles. The fraction of sp³-hybridized carbons (Fsp3) is 0.235. The Labute approximate surface area is 148 Å². The van der Waals surface area contributed by atoms with E-state index in [9.17, 15) is 4.79 Å². The predicted octanol–water partition coefficient (Wildman–Crippen LogP) is 1.73. The molecule has 0 fully saturated rings. The number of aromatic nitrogens is 3. The number of rotatable bonds is 6. The summed E-state index contributed by atoms with van der Waals surface area (Å²) in [6.45, 7) is 0. The van der Waals surface area contributed by atoms with Gasteiger partial charge in [0.25, 0.3) is 0 Å². The molecule has 2 aromatic carbocycles. The molecule has 9 nitrogen and oxygen atoms in total. The summed E-state index contributed by atoms with van der Waals surface area (Å²) in [5.74, 6) is 0.971. The minimum atomic E-state index is -0.668. The van der Waals surface area contributed by atoms with Gasteiger partial charge < -0.3 is 23.8 Å². The van der Waals surface area contributed by atoms with Crippen molar-refractivity contribution >= 4 is 17.0 Å². The summed E-state index contributed by atoms with van der Waals surface area (Å²) in [4.78, 5) is 18.9. The van der Waals surface area contributed by atoms with Gasteiger partial charge in [0.15, 0.2) is 11.5 Å². The molecule has 3 aromatic rings. The summed E-state index contributed by atoms with van der Waals surface area (Å²) in [5.41, 5.74) is 1.25. The summed E-state index contributed by atoms with van der Waals surface area (Å²) in [6, 6.07) is 8.10. The summed E-state index contributed by atoms with van der Waals surface area (Å²) in [5, 5.41) is 7.78. The van der Waals surface area contributed by atoms with Gasteiger partial charge >= 0.3 is 5.97 Å². The van der Waals surface area contributed by atoms with Crippen LogP contribution in [0.2, 0.25) is 0 Å². The van der Waals surface area contributed by atoms with Gasteiger partial charge in [-0.15, -0.1) is 5.10 Å². The number of carbonyl (C=O) groups is 1. The molecule has 0 atom stereocenters. The number of benzene rings is 2. The third-order valence-corrected chi connectivity index (χ3v) is 3.69. The van der Waals surface area contributed by atoms with Crippen LogP contribution in [0.15, 0.2) is 30.3 Å². The standard InChI is InChI=1S/C17H17N3O6/c1-22-11-5-6-12-13(9-11)20(19-18-12)26-17(21)10-7-14(23-2)16(25-4)15(8-10)24-3/h5-9H,1-4H3. The molecule has 0 radical (unpaired) electrons. The maximum Gasteiger partial charge on any atom is 0.366 e. The van der Waals surface area contributed by atoms with Crippen molar-refractivity contribution in [1.82, 2.24) is 15.2 Å². The molecule has 0 N–H and O–H groups in total. The predicted molar refractivity (Wildman–Crippen MR) is 91.1 cm³/mol. The molecule has 1 heterocycles. The van der Waals surface area contributed by atoms with Gasteiger partial charge in [-0.1, -0.05) is 4.85 Å². The van der Waals surface area contributed by atoms with Crippen molar-refractivity contribution in [1.29, 1.82) is 0 Å². The van der Waals surface area contributed by atoms with Gasteiger partial charge in [0, 0.05) is 6.07 Å². The van der Waals surface area contributed by atoms with E-state index in [1.165, 1.54) is 40.6 Å². The van der Waals surface area contributed by atoms with Gasteiger partial charge in [-0.05, 0) is 29.5 Å². The summed E-state index contributed by atoms with van der Waals surface area (Å²) in [7, 11) is 5.94. The average Bonchev–Trinajstić information content (AvgIpc) is 3.08. The lowest BCUT2D eigenvalue weighted by atomic mass is 10.2. The topological polar surface area (TPSA) is 93.9 Å². The zero-order valence-electron chi connectivity index (χ0n) is 14.7. The van der Waals surface area contributed by atoms with E-state index in [0.29, 0.717) is 34.0 Å². The first kappa shape index (κ1) is 17.3. The molecule has 3 rings (SSSR count). The molecular weight excluding hydrogens is 342 g/mol. The van der Waals surface area contributed by atoms with Gasteiger partial charge in [0.2, 0.25) is 5.75 Å². The van der Waals surface area contributed by atoms with Crippen LogP contribution in [0.5, 0.6) is 23.0 Å². The van der Waals surface area contributed by atoms with E-state index in [2.05, 4.69) is 10.3 Å². The van der Waals surface area contributed by atoms with E-state index < -0.39 is 5.97 Å². The maximum atomic E-state index is 12.6. The first-order chi connectivity index (χ1) is 12.6. The molecule has 9 heteroatoms. The minimum Gasteiger partial charge on any atom is -0.497 e. The average molecular weight is 359 g/mol. The quantitative estimate of drug-likeness (QED) is 0.614. The fourth-order valence-corrected chi connectivity index (χ4v) is 2.40. The number of hydrogen-bond acceptors (Lipinski definition) is 8. The second kappa shape index (κ2) is 7.18. The molecule has 0 saturated carbocycles. The van der Waals surface area contributed by atoms with E-state index in [4.69, 9.17) is 23.8 Å². The van der Waals surface area contributed by atoms with Crippen molar-refractivity contribution in [3.8, 4) is 23.0 Å². The molecule has 1 aromatic heterocycles. The number of methoxy groups -OCH3 is 4. The summed E-state index contributed by atoms with van der Waals surface area (Å²) >= 11 is 0. The van der Waals surface area contributed by atoms with Crippen LogP contribution in [0.3, 0.4) is 0 Å². The molecule has 0 amide bonds. The van der Waals surface area contributed by atoms with Crippen LogP contribution in [0.4, 0.5) is 0 Å². The molecule has 0 aliphatic rings. The number of hydrogen-bond donors (Lipinski definition) is 0. The number of nitrogens with zero attached hydrogens (tertiary/aromatic N) is 3. The monoisotopic (exact) mass is 359 g/mol. The Morgan fingerprint density at radius 1 is 0.923 bits per heavy atom. The highest BCUT2D eigenvalue weighted by molar-refractivity contribution is 5.92. The van der Waals surface area contributed by atoms with Gasteiger partial charge in [-0.3, -0.25) is 0 Å². The number of ether oxygens (including phenoxy) is 4. The van der Waals surface area contributed by atoms with Crippen LogP contribution in [0, 0.1) is 0 Å². The van der Waals surface area contributed by atoms with Gasteiger partial charge in [0.05, 0.1) is 34.0 Å². The molecule has 0 saturated heterocycles. The van der Waals surface area contributed by atoms with Gasteiger partial charge in [-0.25, -0.2) is 4.79 Å². The van der Waals surface area contributed by atoms with Crippen molar-refractivity contribution < 1.29 is 28.6 Å². The van der Waals surface area contributed by atoms with Crippen molar-refractivity contribution in [2.75, 3.05) is 28.4 Å². The number of fused-ring (bicyclic) bond motifs is 1. The lowest BCUT2D eigenvalue weighted by molar-refractivity contribution is 0.0407. The van der Waals surface area contributed by atoms with Crippen LogP contribution < -0.4 is 23.8 Å². The SMILES string of the molecule is COc1ccc2nnn(OC(=O)c3cc(OC)c(OC)c(OC)c3)c2c1. The highest BCUT2D eigenvalue weighted by Gasteiger charge is 2.19. The Bertz CT molecular complexity index is 928. The largest absolute Gasteiger partial charge is 0.497 e. The molecular formula is C17H17N3O6. The Balaban J connectivity index is 1.95. The second-order valence-electron chi connectivity index (χ2n) is 5.11. The fourth-order valence-electron chi connectivity index (χ4n) is 2.40.